The van der Waals surface area contributed by atoms with E-state index in [1.165, 1.54) is 0 Å². The summed E-state index contributed by atoms with van der Waals surface area (Å²) < 4.78 is 11.2. The predicted molar refractivity (Wildman–Crippen MR) is 56.0 cm³/mol. The van der Waals surface area contributed by atoms with Crippen molar-refractivity contribution < 1.29 is 9.47 Å². The van der Waals surface area contributed by atoms with Crippen LogP contribution in [-0.2, 0) is 9.47 Å². The van der Waals surface area contributed by atoms with E-state index in [9.17, 15) is 0 Å². The molecule has 0 aromatic carbocycles. The molecule has 0 rings (SSSR count). The van der Waals surface area contributed by atoms with Gasteiger partial charge in [-0.3, -0.25) is 0 Å². The zero-order chi connectivity index (χ0) is 10.5. The molecular weight excluding hydrogens is 164 g/mol. The van der Waals surface area contributed by atoms with Crippen molar-refractivity contribution in [3.8, 4) is 0 Å². The average molecular weight is 188 g/mol. The van der Waals surface area contributed by atoms with Crippen molar-refractivity contribution in [2.45, 2.75) is 59.2 Å². The van der Waals surface area contributed by atoms with Crippen LogP contribution in [0.2, 0.25) is 0 Å². The lowest BCUT2D eigenvalue weighted by atomic mass is 10.1. The molecule has 0 atom stereocenters. The maximum atomic E-state index is 5.63. The molecule has 0 amide bonds. The van der Waals surface area contributed by atoms with Gasteiger partial charge in [0.05, 0.1) is 11.2 Å². The maximum absolute atomic E-state index is 5.63. The summed E-state index contributed by atoms with van der Waals surface area (Å²) in [5.74, 6) is 0. The molecule has 0 spiro atoms. The molecule has 80 valence electrons. The molecule has 2 heteroatoms. The SMILES string of the molecule is CCOC(C)(C)CCOC(C)(C)C. The van der Waals surface area contributed by atoms with Crippen LogP contribution in [0.15, 0.2) is 0 Å². The van der Waals surface area contributed by atoms with Gasteiger partial charge in [-0.1, -0.05) is 0 Å². The van der Waals surface area contributed by atoms with Crippen LogP contribution in [0.5, 0.6) is 0 Å². The Balaban J connectivity index is 3.63. The number of hydrogen-bond acceptors (Lipinski definition) is 2. The first kappa shape index (κ1) is 12.9. The molecule has 0 heterocycles. The van der Waals surface area contributed by atoms with E-state index >= 15 is 0 Å². The van der Waals surface area contributed by atoms with Crippen molar-refractivity contribution in [1.82, 2.24) is 0 Å². The summed E-state index contributed by atoms with van der Waals surface area (Å²) >= 11 is 0. The van der Waals surface area contributed by atoms with Gasteiger partial charge in [-0.25, -0.2) is 0 Å². The van der Waals surface area contributed by atoms with Gasteiger partial charge in [0, 0.05) is 13.2 Å². The zero-order valence-electron chi connectivity index (χ0n) is 9.94. The largest absolute Gasteiger partial charge is 0.376 e. The fourth-order valence-electron chi connectivity index (χ4n) is 1.07. The van der Waals surface area contributed by atoms with Gasteiger partial charge in [-0.05, 0) is 48.0 Å². The Labute approximate surface area is 82.6 Å². The van der Waals surface area contributed by atoms with Crippen molar-refractivity contribution in [2.75, 3.05) is 13.2 Å². The van der Waals surface area contributed by atoms with Crippen molar-refractivity contribution >= 4 is 0 Å². The lowest BCUT2D eigenvalue weighted by Crippen LogP contribution is -2.29. The molecule has 0 aromatic rings. The normalized spacial score (nSPS) is 13.4. The first-order valence-electron chi connectivity index (χ1n) is 5.05. The first-order chi connectivity index (χ1) is 5.77. The lowest BCUT2D eigenvalue weighted by molar-refractivity contribution is -0.0629. The zero-order valence-corrected chi connectivity index (χ0v) is 9.94. The summed E-state index contributed by atoms with van der Waals surface area (Å²) in [6.45, 7) is 14.0. The van der Waals surface area contributed by atoms with Crippen molar-refractivity contribution in [1.29, 1.82) is 0 Å². The van der Waals surface area contributed by atoms with Crippen LogP contribution < -0.4 is 0 Å². The molecule has 0 N–H and O–H groups in total. The molecule has 0 saturated heterocycles. The third kappa shape index (κ3) is 8.26. The van der Waals surface area contributed by atoms with Crippen LogP contribution in [0.1, 0.15) is 48.0 Å². The van der Waals surface area contributed by atoms with Gasteiger partial charge in [0.1, 0.15) is 0 Å². The number of hydrogen-bond donors (Lipinski definition) is 0. The Morgan fingerprint density at radius 1 is 0.923 bits per heavy atom. The standard InChI is InChI=1S/C11H24O2/c1-7-12-11(5,6)8-9-13-10(2,3)4/h7-9H2,1-6H3. The highest BCUT2D eigenvalue weighted by atomic mass is 16.5. The van der Waals surface area contributed by atoms with Crippen LogP contribution in [0.3, 0.4) is 0 Å². The van der Waals surface area contributed by atoms with Gasteiger partial charge in [-0.2, -0.15) is 0 Å². The quantitative estimate of drug-likeness (QED) is 0.660. The molecule has 0 radical (unpaired) electrons. The predicted octanol–water partition coefficient (Wildman–Crippen LogP) is 3.01. The highest BCUT2D eigenvalue weighted by molar-refractivity contribution is 4.69. The highest BCUT2D eigenvalue weighted by Crippen LogP contribution is 2.16. The van der Waals surface area contributed by atoms with Gasteiger partial charge in [-0.15, -0.1) is 0 Å². The summed E-state index contributed by atoms with van der Waals surface area (Å²) in [5, 5.41) is 0. The van der Waals surface area contributed by atoms with E-state index in [1.807, 2.05) is 6.92 Å². The third-order valence-electron chi connectivity index (χ3n) is 1.77. The molecule has 0 fully saturated rings. The van der Waals surface area contributed by atoms with E-state index < -0.39 is 0 Å². The summed E-state index contributed by atoms with van der Waals surface area (Å²) in [5.41, 5.74) is -0.0949. The topological polar surface area (TPSA) is 18.5 Å². The molecule has 0 bridgehead atoms. The van der Waals surface area contributed by atoms with Gasteiger partial charge in [0.25, 0.3) is 0 Å². The summed E-state index contributed by atoms with van der Waals surface area (Å²) in [6, 6.07) is 0. The molecule has 0 aromatic heterocycles. The minimum Gasteiger partial charge on any atom is -0.376 e. The average Bonchev–Trinajstić information content (AvgIpc) is 1.82. The minimum absolute atomic E-state index is 0.0394. The molecule has 0 unspecified atom stereocenters. The summed E-state index contributed by atoms with van der Waals surface area (Å²) in [7, 11) is 0. The molecule has 0 aliphatic rings. The molecule has 0 saturated carbocycles. The van der Waals surface area contributed by atoms with Crippen molar-refractivity contribution in [3.63, 3.8) is 0 Å². The van der Waals surface area contributed by atoms with Crippen LogP contribution >= 0.6 is 0 Å². The van der Waals surface area contributed by atoms with Gasteiger partial charge in [0.15, 0.2) is 0 Å². The minimum atomic E-state index is -0.0556. The molecule has 13 heavy (non-hydrogen) atoms. The Hall–Kier alpha value is -0.0800. The van der Waals surface area contributed by atoms with E-state index in [2.05, 4.69) is 34.6 Å². The van der Waals surface area contributed by atoms with E-state index in [4.69, 9.17) is 9.47 Å². The summed E-state index contributed by atoms with van der Waals surface area (Å²) in [6.07, 6.45) is 0.943. The van der Waals surface area contributed by atoms with Crippen LogP contribution in [0.25, 0.3) is 0 Å². The Kier molecular flexibility index (Phi) is 4.93. The summed E-state index contributed by atoms with van der Waals surface area (Å²) in [4.78, 5) is 0. The van der Waals surface area contributed by atoms with Crippen molar-refractivity contribution in [2.24, 2.45) is 0 Å². The number of rotatable bonds is 5. The van der Waals surface area contributed by atoms with E-state index in [1.54, 1.807) is 0 Å². The van der Waals surface area contributed by atoms with E-state index in [0.29, 0.717) is 0 Å². The smallest absolute Gasteiger partial charge is 0.0648 e. The number of ether oxygens (including phenoxy) is 2. The highest BCUT2D eigenvalue weighted by Gasteiger charge is 2.19. The molecule has 0 aliphatic heterocycles. The van der Waals surface area contributed by atoms with Crippen LogP contribution in [-0.4, -0.2) is 24.4 Å². The van der Waals surface area contributed by atoms with Gasteiger partial charge in [0.2, 0.25) is 0 Å². The lowest BCUT2D eigenvalue weighted by Gasteiger charge is -2.27. The van der Waals surface area contributed by atoms with Gasteiger partial charge < -0.3 is 9.47 Å². The van der Waals surface area contributed by atoms with Gasteiger partial charge >= 0.3 is 0 Å². The first-order valence-corrected chi connectivity index (χ1v) is 5.05. The Bertz CT molecular complexity index is 134. The second-order valence-electron chi connectivity index (χ2n) is 4.90. The Morgan fingerprint density at radius 3 is 1.85 bits per heavy atom. The second kappa shape index (κ2) is 4.97. The monoisotopic (exact) mass is 188 g/mol. The second-order valence-corrected chi connectivity index (χ2v) is 4.90. The van der Waals surface area contributed by atoms with Crippen LogP contribution in [0.4, 0.5) is 0 Å². The van der Waals surface area contributed by atoms with Crippen LogP contribution in [0, 0.1) is 0 Å². The molecular formula is C11H24O2. The van der Waals surface area contributed by atoms with Crippen molar-refractivity contribution in [3.05, 3.63) is 0 Å². The fourth-order valence-corrected chi connectivity index (χ4v) is 1.07. The molecule has 0 aliphatic carbocycles. The molecule has 2 nitrogen and oxygen atoms in total. The van der Waals surface area contributed by atoms with E-state index in [0.717, 1.165) is 19.6 Å². The third-order valence-corrected chi connectivity index (χ3v) is 1.77. The van der Waals surface area contributed by atoms with E-state index in [-0.39, 0.29) is 11.2 Å². The Morgan fingerprint density at radius 2 is 1.46 bits per heavy atom. The maximum Gasteiger partial charge on any atom is 0.0648 e. The fraction of sp³-hybridized carbons (Fsp3) is 1.00.